The molecule has 0 amide bonds. The highest BCUT2D eigenvalue weighted by molar-refractivity contribution is 6.30. The number of nitrogens with zero attached hydrogens (tertiary/aromatic N) is 2. The number of hydrogen-bond acceptors (Lipinski definition) is 1. The van der Waals surface area contributed by atoms with Crippen LogP contribution in [0.4, 0.5) is 0 Å². The molecule has 0 aliphatic carbocycles. The van der Waals surface area contributed by atoms with Gasteiger partial charge in [-0.25, -0.2) is 4.98 Å². The first-order chi connectivity index (χ1) is 6.25. The maximum absolute atomic E-state index is 5.78. The SMILES string of the molecule is Cc1cn(-c2ccc(Cl)cc2)cn1. The third-order valence-electron chi connectivity index (χ3n) is 1.84. The molecular formula is C10H9ClN2. The number of halogens is 1. The van der Waals surface area contributed by atoms with Crippen molar-refractivity contribution in [2.24, 2.45) is 0 Å². The molecule has 0 N–H and O–H groups in total. The van der Waals surface area contributed by atoms with Crippen molar-refractivity contribution in [3.63, 3.8) is 0 Å². The largest absolute Gasteiger partial charge is 0.306 e. The molecule has 13 heavy (non-hydrogen) atoms. The summed E-state index contributed by atoms with van der Waals surface area (Å²) in [4.78, 5) is 4.15. The summed E-state index contributed by atoms with van der Waals surface area (Å²) < 4.78 is 1.96. The van der Waals surface area contributed by atoms with Crippen molar-refractivity contribution >= 4 is 11.6 Å². The van der Waals surface area contributed by atoms with Gasteiger partial charge in [-0.15, -0.1) is 0 Å². The Morgan fingerprint density at radius 3 is 2.46 bits per heavy atom. The van der Waals surface area contributed by atoms with Crippen LogP contribution in [0.25, 0.3) is 5.69 Å². The summed E-state index contributed by atoms with van der Waals surface area (Å²) in [6.45, 7) is 1.96. The van der Waals surface area contributed by atoms with Crippen LogP contribution in [0.3, 0.4) is 0 Å². The molecule has 0 fully saturated rings. The van der Waals surface area contributed by atoms with Crippen molar-refractivity contribution in [2.45, 2.75) is 6.92 Å². The molecule has 0 radical (unpaired) electrons. The molecule has 0 aliphatic heterocycles. The molecule has 0 aliphatic rings. The average molecular weight is 193 g/mol. The second-order valence-electron chi connectivity index (χ2n) is 2.90. The Balaban J connectivity index is 2.41. The van der Waals surface area contributed by atoms with Crippen LogP contribution in [0, 0.1) is 6.92 Å². The normalized spacial score (nSPS) is 10.3. The van der Waals surface area contributed by atoms with Gasteiger partial charge in [-0.3, -0.25) is 0 Å². The number of benzene rings is 1. The second-order valence-corrected chi connectivity index (χ2v) is 3.34. The van der Waals surface area contributed by atoms with Crippen LogP contribution >= 0.6 is 11.6 Å². The average Bonchev–Trinajstić information content (AvgIpc) is 2.53. The van der Waals surface area contributed by atoms with Gasteiger partial charge in [0.15, 0.2) is 0 Å². The van der Waals surface area contributed by atoms with Gasteiger partial charge in [-0.2, -0.15) is 0 Å². The van der Waals surface area contributed by atoms with Crippen molar-refractivity contribution < 1.29 is 0 Å². The van der Waals surface area contributed by atoms with Gasteiger partial charge in [0.25, 0.3) is 0 Å². The summed E-state index contributed by atoms with van der Waals surface area (Å²) in [5.74, 6) is 0. The van der Waals surface area contributed by atoms with E-state index in [9.17, 15) is 0 Å². The molecule has 0 atom stereocenters. The molecule has 2 aromatic rings. The lowest BCUT2D eigenvalue weighted by Crippen LogP contribution is -1.88. The third-order valence-corrected chi connectivity index (χ3v) is 2.09. The Hall–Kier alpha value is -1.28. The monoisotopic (exact) mass is 192 g/mol. The summed E-state index contributed by atoms with van der Waals surface area (Å²) in [5, 5.41) is 0.751. The molecule has 1 heterocycles. The maximum atomic E-state index is 5.78. The van der Waals surface area contributed by atoms with Crippen LogP contribution in [0.1, 0.15) is 5.69 Å². The summed E-state index contributed by atoms with van der Waals surface area (Å²) in [7, 11) is 0. The van der Waals surface area contributed by atoms with Crippen LogP contribution < -0.4 is 0 Å². The van der Waals surface area contributed by atoms with Gasteiger partial charge >= 0.3 is 0 Å². The molecule has 0 saturated heterocycles. The van der Waals surface area contributed by atoms with Crippen molar-refractivity contribution in [1.82, 2.24) is 9.55 Å². The van der Waals surface area contributed by atoms with E-state index >= 15 is 0 Å². The van der Waals surface area contributed by atoms with Crippen LogP contribution in [0.5, 0.6) is 0 Å². The summed E-state index contributed by atoms with van der Waals surface area (Å²) in [5.41, 5.74) is 2.08. The molecule has 2 nitrogen and oxygen atoms in total. The molecule has 2 rings (SSSR count). The van der Waals surface area contributed by atoms with Crippen molar-refractivity contribution in [1.29, 1.82) is 0 Å². The van der Waals surface area contributed by atoms with Gasteiger partial charge in [0.2, 0.25) is 0 Å². The fraction of sp³-hybridized carbons (Fsp3) is 0.100. The van der Waals surface area contributed by atoms with Crippen molar-refractivity contribution in [3.8, 4) is 5.69 Å². The van der Waals surface area contributed by atoms with Gasteiger partial charge in [0.1, 0.15) is 0 Å². The second kappa shape index (κ2) is 3.23. The predicted molar refractivity (Wildman–Crippen MR) is 53.3 cm³/mol. The smallest absolute Gasteiger partial charge is 0.0995 e. The number of aromatic nitrogens is 2. The highest BCUT2D eigenvalue weighted by Gasteiger charge is 1.96. The molecule has 0 unspecified atom stereocenters. The summed E-state index contributed by atoms with van der Waals surface area (Å²) in [6.07, 6.45) is 3.77. The topological polar surface area (TPSA) is 17.8 Å². The molecule has 1 aromatic carbocycles. The Bertz CT molecular complexity index is 403. The molecule has 0 bridgehead atoms. The van der Waals surface area contributed by atoms with E-state index in [2.05, 4.69) is 4.98 Å². The number of imidazole rings is 1. The van der Waals surface area contributed by atoms with E-state index in [-0.39, 0.29) is 0 Å². The van der Waals surface area contributed by atoms with Crippen LogP contribution in [-0.2, 0) is 0 Å². The Morgan fingerprint density at radius 1 is 1.23 bits per heavy atom. The maximum Gasteiger partial charge on any atom is 0.0995 e. The minimum absolute atomic E-state index is 0.751. The number of aryl methyl sites for hydroxylation is 1. The van der Waals surface area contributed by atoms with E-state index < -0.39 is 0 Å². The first-order valence-electron chi connectivity index (χ1n) is 4.02. The molecular weight excluding hydrogens is 184 g/mol. The van der Waals surface area contributed by atoms with Crippen LogP contribution in [-0.4, -0.2) is 9.55 Å². The van der Waals surface area contributed by atoms with E-state index in [1.165, 1.54) is 0 Å². The predicted octanol–water partition coefficient (Wildman–Crippen LogP) is 2.83. The Kier molecular flexibility index (Phi) is 2.07. The highest BCUT2D eigenvalue weighted by Crippen LogP contribution is 2.13. The minimum Gasteiger partial charge on any atom is -0.306 e. The fourth-order valence-electron chi connectivity index (χ4n) is 1.18. The van der Waals surface area contributed by atoms with Gasteiger partial charge in [-0.05, 0) is 31.2 Å². The van der Waals surface area contributed by atoms with E-state index in [1.807, 2.05) is 42.0 Å². The Labute approximate surface area is 81.8 Å². The minimum atomic E-state index is 0.751. The highest BCUT2D eigenvalue weighted by atomic mass is 35.5. The number of rotatable bonds is 1. The lowest BCUT2D eigenvalue weighted by atomic mass is 10.3. The molecule has 1 aromatic heterocycles. The lowest BCUT2D eigenvalue weighted by Gasteiger charge is -2.00. The first kappa shape index (κ1) is 8.32. The van der Waals surface area contributed by atoms with Gasteiger partial charge in [0.05, 0.1) is 12.0 Å². The van der Waals surface area contributed by atoms with E-state index in [0.717, 1.165) is 16.4 Å². The zero-order valence-electron chi connectivity index (χ0n) is 7.24. The zero-order chi connectivity index (χ0) is 9.26. The lowest BCUT2D eigenvalue weighted by molar-refractivity contribution is 1.06. The quantitative estimate of drug-likeness (QED) is 0.680. The van der Waals surface area contributed by atoms with Gasteiger partial charge in [0, 0.05) is 16.9 Å². The van der Waals surface area contributed by atoms with Crippen LogP contribution in [0.15, 0.2) is 36.8 Å². The van der Waals surface area contributed by atoms with Crippen molar-refractivity contribution in [2.75, 3.05) is 0 Å². The molecule has 0 saturated carbocycles. The Morgan fingerprint density at radius 2 is 1.92 bits per heavy atom. The third kappa shape index (κ3) is 1.73. The molecule has 3 heteroatoms. The van der Waals surface area contributed by atoms with Gasteiger partial charge < -0.3 is 4.57 Å². The van der Waals surface area contributed by atoms with E-state index in [1.54, 1.807) is 6.33 Å². The first-order valence-corrected chi connectivity index (χ1v) is 4.40. The fourth-order valence-corrected chi connectivity index (χ4v) is 1.30. The van der Waals surface area contributed by atoms with Crippen molar-refractivity contribution in [3.05, 3.63) is 47.5 Å². The standard InChI is InChI=1S/C10H9ClN2/c1-8-6-13(7-12-8)10-4-2-9(11)3-5-10/h2-7H,1H3. The van der Waals surface area contributed by atoms with Gasteiger partial charge in [-0.1, -0.05) is 11.6 Å². The number of hydrogen-bond donors (Lipinski definition) is 0. The van der Waals surface area contributed by atoms with E-state index in [0.29, 0.717) is 0 Å². The molecule has 0 spiro atoms. The summed E-state index contributed by atoms with van der Waals surface area (Å²) >= 11 is 5.78. The van der Waals surface area contributed by atoms with Crippen LogP contribution in [0.2, 0.25) is 5.02 Å². The zero-order valence-corrected chi connectivity index (χ0v) is 7.99. The molecule has 66 valence electrons. The van der Waals surface area contributed by atoms with E-state index in [4.69, 9.17) is 11.6 Å². The summed E-state index contributed by atoms with van der Waals surface area (Å²) in [6, 6.07) is 7.66.